The van der Waals surface area contributed by atoms with Crippen LogP contribution in [0.25, 0.3) is 0 Å². The number of thioether (sulfide) groups is 1. The van der Waals surface area contributed by atoms with Crippen molar-refractivity contribution < 1.29 is 22.7 Å². The van der Waals surface area contributed by atoms with Gasteiger partial charge in [0.15, 0.2) is 5.82 Å². The van der Waals surface area contributed by atoms with Crippen molar-refractivity contribution in [1.82, 2.24) is 19.8 Å². The predicted molar refractivity (Wildman–Crippen MR) is 179 cm³/mol. The summed E-state index contributed by atoms with van der Waals surface area (Å²) < 4.78 is 37.8. The molecule has 0 atom stereocenters. The van der Waals surface area contributed by atoms with E-state index in [1.807, 2.05) is 30.3 Å². The standard InChI is InChI=1S/C30H36ClN7O5S2/c1-42-28-17-23(44-20-22-8-7-21(43-22)19-38-13-11-37(12-14-38)15-16-39)9-10-27(28)34-30-32-18-24(31)29(35-30)33-25-5-3-4-6-26(25)36-45(2,40)41/h3-10,17-18,36,39H,11-16,19-20H2,1-2H3,(H2,32,33,34,35). The lowest BCUT2D eigenvalue weighted by Crippen LogP contribution is -2.46. The van der Waals surface area contributed by atoms with Crippen LogP contribution in [0.3, 0.4) is 0 Å². The summed E-state index contributed by atoms with van der Waals surface area (Å²) in [5, 5.41) is 15.7. The molecule has 4 aromatic rings. The normalized spacial score (nSPS) is 14.3. The SMILES string of the molecule is COc1cc(SCc2ccc(CN3CCN(CCO)CC3)o2)ccc1Nc1ncc(Cl)c(Nc2ccccc2NS(C)(=O)=O)n1. The van der Waals surface area contributed by atoms with E-state index in [0.29, 0.717) is 34.4 Å². The number of nitrogens with one attached hydrogen (secondary N) is 3. The van der Waals surface area contributed by atoms with E-state index in [2.05, 4.69) is 35.1 Å². The number of hydrogen-bond acceptors (Lipinski definition) is 12. The fraction of sp³-hybridized carbons (Fsp3) is 0.333. The highest BCUT2D eigenvalue weighted by Crippen LogP contribution is 2.35. The third-order valence-corrected chi connectivity index (χ3v) is 8.88. The van der Waals surface area contributed by atoms with Crippen molar-refractivity contribution in [3.63, 3.8) is 0 Å². The van der Waals surface area contributed by atoms with E-state index in [9.17, 15) is 8.42 Å². The Hall–Kier alpha value is -3.53. The highest BCUT2D eigenvalue weighted by molar-refractivity contribution is 7.98. The molecular weight excluding hydrogens is 638 g/mol. The molecule has 0 radical (unpaired) electrons. The smallest absolute Gasteiger partial charge is 0.229 e. The minimum Gasteiger partial charge on any atom is -0.495 e. The van der Waals surface area contributed by atoms with Crippen molar-refractivity contribution in [2.75, 3.05) is 68.1 Å². The van der Waals surface area contributed by atoms with Crippen molar-refractivity contribution in [1.29, 1.82) is 0 Å². The van der Waals surface area contributed by atoms with Gasteiger partial charge in [0.05, 0.1) is 55.5 Å². The minimum atomic E-state index is -3.49. The molecule has 45 heavy (non-hydrogen) atoms. The molecule has 2 aromatic carbocycles. The number of aliphatic hydroxyl groups excluding tert-OH is 1. The van der Waals surface area contributed by atoms with Crippen molar-refractivity contribution in [3.8, 4) is 5.75 Å². The lowest BCUT2D eigenvalue weighted by atomic mass is 10.2. The maximum atomic E-state index is 11.8. The molecule has 1 aliphatic rings. The average Bonchev–Trinajstić information content (AvgIpc) is 3.46. The molecule has 1 saturated heterocycles. The summed E-state index contributed by atoms with van der Waals surface area (Å²) in [4.78, 5) is 14.4. The number of piperazine rings is 1. The van der Waals surface area contributed by atoms with Gasteiger partial charge in [-0.15, -0.1) is 11.8 Å². The summed E-state index contributed by atoms with van der Waals surface area (Å²) in [6.45, 7) is 5.54. The van der Waals surface area contributed by atoms with Gasteiger partial charge in [-0.1, -0.05) is 23.7 Å². The Morgan fingerprint density at radius 1 is 1.00 bits per heavy atom. The number of rotatable bonds is 14. The summed E-state index contributed by atoms with van der Waals surface area (Å²) in [5.41, 5.74) is 1.50. The quantitative estimate of drug-likeness (QED) is 0.134. The number of methoxy groups -OCH3 is 1. The number of halogens is 1. The van der Waals surface area contributed by atoms with Gasteiger partial charge < -0.3 is 24.9 Å². The Kier molecular flexibility index (Phi) is 11.1. The molecule has 0 bridgehead atoms. The number of ether oxygens (including phenoxy) is 1. The van der Waals surface area contributed by atoms with E-state index in [-0.39, 0.29) is 17.6 Å². The van der Waals surface area contributed by atoms with Gasteiger partial charge in [-0.25, -0.2) is 13.4 Å². The second-order valence-electron chi connectivity index (χ2n) is 10.4. The summed E-state index contributed by atoms with van der Waals surface area (Å²) in [6, 6.07) is 16.7. The van der Waals surface area contributed by atoms with Crippen LogP contribution in [-0.4, -0.2) is 86.0 Å². The summed E-state index contributed by atoms with van der Waals surface area (Å²) in [6.07, 6.45) is 2.54. The van der Waals surface area contributed by atoms with Gasteiger partial charge in [0, 0.05) is 37.6 Å². The second kappa shape index (κ2) is 15.2. The molecule has 15 heteroatoms. The molecule has 240 valence electrons. The van der Waals surface area contributed by atoms with Crippen molar-refractivity contribution in [2.24, 2.45) is 0 Å². The molecule has 0 amide bonds. The molecule has 0 saturated carbocycles. The minimum absolute atomic E-state index is 0.200. The molecule has 0 spiro atoms. The third-order valence-electron chi connectivity index (χ3n) is 7.00. The van der Waals surface area contributed by atoms with Gasteiger partial charge >= 0.3 is 0 Å². The van der Waals surface area contributed by atoms with Crippen LogP contribution in [0.4, 0.5) is 28.8 Å². The largest absolute Gasteiger partial charge is 0.495 e. The first-order chi connectivity index (χ1) is 21.7. The van der Waals surface area contributed by atoms with E-state index in [4.69, 9.17) is 25.9 Å². The van der Waals surface area contributed by atoms with Gasteiger partial charge in [-0.2, -0.15) is 4.98 Å². The number of nitrogens with zero attached hydrogens (tertiary/aromatic N) is 4. The number of benzene rings is 2. The Labute approximate surface area is 272 Å². The second-order valence-corrected chi connectivity index (χ2v) is 13.6. The lowest BCUT2D eigenvalue weighted by Gasteiger charge is -2.33. The molecule has 12 nitrogen and oxygen atoms in total. The van der Waals surface area contributed by atoms with Crippen LogP contribution in [-0.2, 0) is 22.3 Å². The van der Waals surface area contributed by atoms with Crippen LogP contribution in [0.5, 0.6) is 5.75 Å². The van der Waals surface area contributed by atoms with Gasteiger partial charge in [0.1, 0.15) is 22.3 Å². The maximum absolute atomic E-state index is 11.8. The third kappa shape index (κ3) is 9.48. The van der Waals surface area contributed by atoms with Crippen molar-refractivity contribution in [2.45, 2.75) is 17.2 Å². The molecule has 5 rings (SSSR count). The number of aromatic nitrogens is 2. The summed E-state index contributed by atoms with van der Waals surface area (Å²) >= 11 is 8.01. The van der Waals surface area contributed by atoms with Gasteiger partial charge in [-0.05, 0) is 42.5 Å². The van der Waals surface area contributed by atoms with Crippen LogP contribution in [0.2, 0.25) is 5.02 Å². The van der Waals surface area contributed by atoms with Crippen LogP contribution in [0.1, 0.15) is 11.5 Å². The van der Waals surface area contributed by atoms with E-state index in [0.717, 1.165) is 61.9 Å². The summed E-state index contributed by atoms with van der Waals surface area (Å²) in [5.74, 6) is 3.70. The number of para-hydroxylation sites is 2. The Morgan fingerprint density at radius 2 is 1.73 bits per heavy atom. The Balaban J connectivity index is 1.19. The number of furan rings is 1. The van der Waals surface area contributed by atoms with Crippen LogP contribution in [0.15, 0.2) is 70.1 Å². The van der Waals surface area contributed by atoms with Crippen LogP contribution in [0, 0.1) is 0 Å². The fourth-order valence-corrected chi connectivity index (χ4v) is 6.32. The number of sulfonamides is 1. The van der Waals surface area contributed by atoms with E-state index >= 15 is 0 Å². The zero-order valence-corrected chi connectivity index (χ0v) is 27.4. The monoisotopic (exact) mass is 673 g/mol. The molecule has 1 aliphatic heterocycles. The first-order valence-corrected chi connectivity index (χ1v) is 17.5. The van der Waals surface area contributed by atoms with Crippen LogP contribution < -0.4 is 20.1 Å². The average molecular weight is 674 g/mol. The number of anilines is 5. The van der Waals surface area contributed by atoms with Gasteiger partial charge in [0.25, 0.3) is 0 Å². The first kappa shape index (κ1) is 32.9. The lowest BCUT2D eigenvalue weighted by molar-refractivity contribution is 0.103. The fourth-order valence-electron chi connectivity index (χ4n) is 4.78. The Bertz CT molecular complexity index is 1700. The number of hydrogen-bond donors (Lipinski definition) is 4. The van der Waals surface area contributed by atoms with Crippen LogP contribution >= 0.6 is 23.4 Å². The molecule has 0 aliphatic carbocycles. The zero-order valence-electron chi connectivity index (χ0n) is 25.0. The highest BCUT2D eigenvalue weighted by Gasteiger charge is 2.18. The highest BCUT2D eigenvalue weighted by atomic mass is 35.5. The number of β-amino-alcohol motifs (C(OH)–C–C–N with tert-alkyl or cyclic N) is 1. The van der Waals surface area contributed by atoms with E-state index < -0.39 is 10.0 Å². The molecule has 1 fully saturated rings. The first-order valence-electron chi connectivity index (χ1n) is 14.3. The molecular formula is C30H36ClN7O5S2. The topological polar surface area (TPSA) is 145 Å². The van der Waals surface area contributed by atoms with E-state index in [1.165, 1.54) is 6.20 Å². The maximum Gasteiger partial charge on any atom is 0.229 e. The predicted octanol–water partition coefficient (Wildman–Crippen LogP) is 4.99. The van der Waals surface area contributed by atoms with Gasteiger partial charge in [-0.3, -0.25) is 14.5 Å². The molecule has 3 heterocycles. The van der Waals surface area contributed by atoms with E-state index in [1.54, 1.807) is 43.1 Å². The zero-order chi connectivity index (χ0) is 31.8. The molecule has 2 aromatic heterocycles. The molecule has 0 unspecified atom stereocenters. The summed E-state index contributed by atoms with van der Waals surface area (Å²) in [7, 11) is -1.89. The Morgan fingerprint density at radius 3 is 2.47 bits per heavy atom. The van der Waals surface area contributed by atoms with Crippen molar-refractivity contribution in [3.05, 3.63) is 77.3 Å². The van der Waals surface area contributed by atoms with Gasteiger partial charge in [0.2, 0.25) is 16.0 Å². The number of aliphatic hydroxyl groups is 1. The molecule has 4 N–H and O–H groups in total. The van der Waals surface area contributed by atoms with Crippen molar-refractivity contribution >= 4 is 62.2 Å².